The lowest BCUT2D eigenvalue weighted by molar-refractivity contribution is 0.236. The number of nitrogens with one attached hydrogen (secondary N) is 2. The largest absolute Gasteiger partial charge is 0.492 e. The zero-order valence-electron chi connectivity index (χ0n) is 19.2. The third-order valence-electron chi connectivity index (χ3n) is 5.67. The van der Waals surface area contributed by atoms with Crippen LogP contribution in [0.15, 0.2) is 52.9 Å². The predicted octanol–water partition coefficient (Wildman–Crippen LogP) is 5.37. The van der Waals surface area contributed by atoms with Crippen LogP contribution in [-0.4, -0.2) is 47.8 Å². The Kier molecular flexibility index (Phi) is 6.14. The molecule has 0 saturated carbocycles. The first-order valence-electron chi connectivity index (χ1n) is 11.0. The second-order valence-electron chi connectivity index (χ2n) is 8.42. The maximum atomic E-state index is 5.92. The molecular formula is C26H32N4O. The number of dihydropyridines is 1. The maximum Gasteiger partial charge on any atom is 0.141 e. The summed E-state index contributed by atoms with van der Waals surface area (Å²) in [6.07, 6.45) is 5.98. The predicted molar refractivity (Wildman–Crippen MR) is 130 cm³/mol. The van der Waals surface area contributed by atoms with Crippen molar-refractivity contribution in [3.05, 3.63) is 76.1 Å². The molecule has 162 valence electrons. The average Bonchev–Trinajstić information content (AvgIpc) is 3.26. The van der Waals surface area contributed by atoms with Gasteiger partial charge in [0.25, 0.3) is 0 Å². The summed E-state index contributed by atoms with van der Waals surface area (Å²) in [7, 11) is 4.23. The van der Waals surface area contributed by atoms with E-state index in [1.165, 1.54) is 16.5 Å². The summed E-state index contributed by atoms with van der Waals surface area (Å²) in [5.74, 6) is 0.851. The highest BCUT2D eigenvalue weighted by Crippen LogP contribution is 2.30. The van der Waals surface area contributed by atoms with Gasteiger partial charge in [-0.1, -0.05) is 18.2 Å². The quantitative estimate of drug-likeness (QED) is 0.544. The van der Waals surface area contributed by atoms with Crippen molar-refractivity contribution in [2.24, 2.45) is 4.99 Å². The molecule has 0 aliphatic carbocycles. The number of likely N-dealkylation sites (N-methyl/N-ethyl adjacent to an activating group) is 1. The average molecular weight is 417 g/mol. The van der Waals surface area contributed by atoms with E-state index in [9.17, 15) is 0 Å². The first-order chi connectivity index (χ1) is 15.0. The van der Waals surface area contributed by atoms with Crippen molar-refractivity contribution >= 4 is 22.7 Å². The van der Waals surface area contributed by atoms with Crippen LogP contribution in [0.4, 0.5) is 0 Å². The van der Waals surface area contributed by atoms with Gasteiger partial charge in [0.2, 0.25) is 0 Å². The van der Waals surface area contributed by atoms with Gasteiger partial charge < -0.3 is 19.6 Å². The van der Waals surface area contributed by atoms with Crippen LogP contribution in [0.25, 0.3) is 17.0 Å². The fourth-order valence-corrected chi connectivity index (χ4v) is 4.17. The molecule has 0 spiro atoms. The lowest BCUT2D eigenvalue weighted by atomic mass is 10.0. The van der Waals surface area contributed by atoms with E-state index in [4.69, 9.17) is 9.73 Å². The molecule has 1 aromatic carbocycles. The Hall–Kier alpha value is -3.05. The van der Waals surface area contributed by atoms with Crippen LogP contribution in [0.5, 0.6) is 0 Å². The Morgan fingerprint density at radius 3 is 2.68 bits per heavy atom. The van der Waals surface area contributed by atoms with Crippen LogP contribution in [0.1, 0.15) is 41.6 Å². The molecule has 1 aliphatic rings. The van der Waals surface area contributed by atoms with Crippen LogP contribution in [-0.2, 0) is 11.2 Å². The van der Waals surface area contributed by atoms with Gasteiger partial charge in [0.1, 0.15) is 11.5 Å². The third-order valence-corrected chi connectivity index (χ3v) is 5.67. The van der Waals surface area contributed by atoms with Crippen molar-refractivity contribution in [3.63, 3.8) is 0 Å². The van der Waals surface area contributed by atoms with E-state index in [-0.39, 0.29) is 0 Å². The van der Waals surface area contributed by atoms with E-state index >= 15 is 0 Å². The molecule has 5 nitrogen and oxygen atoms in total. The molecule has 5 heteroatoms. The summed E-state index contributed by atoms with van der Waals surface area (Å²) in [4.78, 5) is 14.4. The van der Waals surface area contributed by atoms with Gasteiger partial charge in [-0.3, -0.25) is 0 Å². The molecule has 3 heterocycles. The lowest BCUT2D eigenvalue weighted by Crippen LogP contribution is -2.17. The minimum atomic E-state index is 0.622. The van der Waals surface area contributed by atoms with Crippen molar-refractivity contribution in [2.45, 2.75) is 33.6 Å². The smallest absolute Gasteiger partial charge is 0.141 e. The number of aryl methyl sites for hydroxylation is 2. The number of benzene rings is 1. The highest BCUT2D eigenvalue weighted by atomic mass is 16.5. The van der Waals surface area contributed by atoms with Gasteiger partial charge in [-0.05, 0) is 76.7 Å². The third kappa shape index (κ3) is 4.52. The molecule has 4 rings (SSSR count). The van der Waals surface area contributed by atoms with Gasteiger partial charge in [-0.25, -0.2) is 4.99 Å². The molecule has 3 aromatic rings. The number of hydrogen-bond acceptors (Lipinski definition) is 3. The Morgan fingerprint density at radius 2 is 1.97 bits per heavy atom. The molecule has 2 N–H and O–H groups in total. The summed E-state index contributed by atoms with van der Waals surface area (Å²) < 4.78 is 5.92. The molecule has 31 heavy (non-hydrogen) atoms. The fraction of sp³-hybridized carbons (Fsp3) is 0.346. The van der Waals surface area contributed by atoms with Gasteiger partial charge in [0.15, 0.2) is 0 Å². The van der Waals surface area contributed by atoms with Crippen molar-refractivity contribution < 1.29 is 4.74 Å². The van der Waals surface area contributed by atoms with E-state index in [0.29, 0.717) is 6.61 Å². The molecular weight excluding hydrogens is 384 g/mol. The molecule has 0 radical (unpaired) electrons. The summed E-state index contributed by atoms with van der Waals surface area (Å²) in [6, 6.07) is 10.7. The normalized spacial score (nSPS) is 15.6. The van der Waals surface area contributed by atoms with Crippen LogP contribution < -0.4 is 0 Å². The number of allylic oxidation sites excluding steroid dienone is 1. The molecule has 0 bridgehead atoms. The van der Waals surface area contributed by atoms with E-state index in [1.54, 1.807) is 0 Å². The number of fused-ring (bicyclic) bond motifs is 1. The molecule has 0 amide bonds. The minimum Gasteiger partial charge on any atom is -0.492 e. The first-order valence-corrected chi connectivity index (χ1v) is 11.0. The maximum absolute atomic E-state index is 5.92. The Morgan fingerprint density at radius 1 is 1.16 bits per heavy atom. The number of hydrogen-bond donors (Lipinski definition) is 2. The van der Waals surface area contributed by atoms with Crippen molar-refractivity contribution in [2.75, 3.05) is 27.2 Å². The molecule has 0 unspecified atom stereocenters. The van der Waals surface area contributed by atoms with E-state index in [0.717, 1.165) is 59.2 Å². The summed E-state index contributed by atoms with van der Waals surface area (Å²) in [6.45, 7) is 7.82. The zero-order chi connectivity index (χ0) is 22.0. The Labute approximate surface area is 184 Å². The highest BCUT2D eigenvalue weighted by molar-refractivity contribution is 6.07. The number of aromatic amines is 2. The van der Waals surface area contributed by atoms with Crippen LogP contribution in [0.3, 0.4) is 0 Å². The van der Waals surface area contributed by atoms with Crippen molar-refractivity contribution in [1.29, 1.82) is 0 Å². The molecule has 1 aliphatic heterocycles. The monoisotopic (exact) mass is 416 g/mol. The van der Waals surface area contributed by atoms with E-state index in [2.05, 4.69) is 85.3 Å². The number of H-pyrrole nitrogens is 2. The van der Waals surface area contributed by atoms with E-state index in [1.807, 2.05) is 6.92 Å². The Bertz CT molecular complexity index is 1170. The molecule has 0 atom stereocenters. The number of nitrogens with zero attached hydrogens (tertiary/aromatic N) is 2. The molecule has 0 saturated heterocycles. The Balaban J connectivity index is 1.79. The zero-order valence-corrected chi connectivity index (χ0v) is 19.2. The van der Waals surface area contributed by atoms with Gasteiger partial charge in [-0.2, -0.15) is 0 Å². The van der Waals surface area contributed by atoms with Gasteiger partial charge >= 0.3 is 0 Å². The summed E-state index contributed by atoms with van der Waals surface area (Å²) in [5.41, 5.74) is 8.99. The SMILES string of the molecule is CCOC1=CCC(c2[nH]c3ccccc3c2CCN(C)C)=N/C1=C\c1[nH]c(C)cc1C. The van der Waals surface area contributed by atoms with Crippen LogP contribution in [0.2, 0.25) is 0 Å². The van der Waals surface area contributed by atoms with E-state index < -0.39 is 0 Å². The molecule has 2 aromatic heterocycles. The number of aromatic nitrogens is 2. The first kappa shape index (κ1) is 21.2. The lowest BCUT2D eigenvalue weighted by Gasteiger charge is -2.17. The second-order valence-corrected chi connectivity index (χ2v) is 8.42. The van der Waals surface area contributed by atoms with Gasteiger partial charge in [-0.15, -0.1) is 0 Å². The second kappa shape index (κ2) is 8.98. The van der Waals surface area contributed by atoms with Gasteiger partial charge in [0.05, 0.1) is 18.0 Å². The van der Waals surface area contributed by atoms with Gasteiger partial charge in [0, 0.05) is 35.3 Å². The minimum absolute atomic E-state index is 0.622. The molecule has 0 fully saturated rings. The topological polar surface area (TPSA) is 56.4 Å². The number of para-hydroxylation sites is 1. The van der Waals surface area contributed by atoms with Crippen molar-refractivity contribution in [3.8, 4) is 0 Å². The summed E-state index contributed by atoms with van der Waals surface area (Å²) >= 11 is 0. The number of aliphatic imine (C=N–C) groups is 1. The standard InChI is InChI=1S/C26H32N4O/c1-6-31-25-12-11-22(28-24(25)16-23-17(2)15-18(3)27-23)26-20(13-14-30(4)5)19-9-7-8-10-21(19)29-26/h7-10,12,15-16,27,29H,6,11,13-14H2,1-5H3/b24-16-. The summed E-state index contributed by atoms with van der Waals surface area (Å²) in [5, 5.41) is 1.28. The van der Waals surface area contributed by atoms with Crippen LogP contribution in [0, 0.1) is 13.8 Å². The fourth-order valence-electron chi connectivity index (χ4n) is 4.17. The van der Waals surface area contributed by atoms with Crippen LogP contribution >= 0.6 is 0 Å². The van der Waals surface area contributed by atoms with Crippen molar-refractivity contribution in [1.82, 2.24) is 14.9 Å². The number of ether oxygens (including phenoxy) is 1. The number of rotatable bonds is 7. The highest BCUT2D eigenvalue weighted by Gasteiger charge is 2.21.